The Morgan fingerprint density at radius 2 is 1.31 bits per heavy atom. The summed E-state index contributed by atoms with van der Waals surface area (Å²) in [5.74, 6) is 1.74. The highest BCUT2D eigenvalue weighted by molar-refractivity contribution is 5.78. The standard InChI is InChI=1S/C17H27NO.C12H19N/c1-5-14(3)12-18(17(19)15(4)6-2)13-16-10-8-7-9-11-16;1-3-11(2)9-13-10-12-7-5-4-6-8-12/h7-11,14-15H,5-6,12-13H2,1-4H3;4-8,11,13H,3,9-10H2,1-2H3/t14-,15-;11-/m00/s1. The minimum absolute atomic E-state index is 0.118. The number of nitrogens with zero attached hydrogens (tertiary/aromatic N) is 1. The van der Waals surface area contributed by atoms with E-state index in [0.717, 1.165) is 44.9 Å². The van der Waals surface area contributed by atoms with E-state index in [0.29, 0.717) is 5.92 Å². The third kappa shape index (κ3) is 11.5. The second-order valence-corrected chi connectivity index (χ2v) is 9.16. The minimum Gasteiger partial charge on any atom is -0.338 e. The van der Waals surface area contributed by atoms with Crippen LogP contribution in [-0.2, 0) is 17.9 Å². The van der Waals surface area contributed by atoms with Crippen LogP contribution in [0.4, 0.5) is 0 Å². The molecule has 0 heterocycles. The van der Waals surface area contributed by atoms with E-state index >= 15 is 0 Å². The fourth-order valence-corrected chi connectivity index (χ4v) is 3.23. The van der Waals surface area contributed by atoms with E-state index in [2.05, 4.69) is 82.4 Å². The lowest BCUT2D eigenvalue weighted by molar-refractivity contribution is -0.136. The van der Waals surface area contributed by atoms with Crippen LogP contribution in [0.15, 0.2) is 60.7 Å². The van der Waals surface area contributed by atoms with Crippen LogP contribution in [-0.4, -0.2) is 23.9 Å². The second kappa shape index (κ2) is 16.5. The summed E-state index contributed by atoms with van der Waals surface area (Å²) in [6.07, 6.45) is 3.27. The van der Waals surface area contributed by atoms with Crippen LogP contribution in [0.2, 0.25) is 0 Å². The van der Waals surface area contributed by atoms with Crippen molar-refractivity contribution >= 4 is 5.91 Å². The molecule has 0 aliphatic carbocycles. The Kier molecular flexibility index (Phi) is 14.4. The van der Waals surface area contributed by atoms with Gasteiger partial charge in [-0.25, -0.2) is 0 Å². The summed E-state index contributed by atoms with van der Waals surface area (Å²) < 4.78 is 0. The van der Waals surface area contributed by atoms with Gasteiger partial charge in [-0.1, -0.05) is 115 Å². The molecule has 0 saturated carbocycles. The molecule has 0 spiro atoms. The molecule has 0 bridgehead atoms. The molecule has 2 rings (SSSR count). The van der Waals surface area contributed by atoms with E-state index in [1.807, 2.05) is 30.0 Å². The zero-order chi connectivity index (χ0) is 23.8. The highest BCUT2D eigenvalue weighted by atomic mass is 16.2. The molecule has 178 valence electrons. The molecule has 2 aromatic carbocycles. The van der Waals surface area contributed by atoms with Gasteiger partial charge in [-0.2, -0.15) is 0 Å². The largest absolute Gasteiger partial charge is 0.338 e. The number of benzene rings is 2. The first kappa shape index (κ1) is 27.9. The van der Waals surface area contributed by atoms with Gasteiger partial charge in [-0.05, 0) is 35.9 Å². The van der Waals surface area contributed by atoms with Gasteiger partial charge in [0, 0.05) is 25.6 Å². The Morgan fingerprint density at radius 1 is 0.781 bits per heavy atom. The Morgan fingerprint density at radius 3 is 1.81 bits per heavy atom. The highest BCUT2D eigenvalue weighted by Crippen LogP contribution is 2.14. The first-order chi connectivity index (χ1) is 15.4. The lowest BCUT2D eigenvalue weighted by Gasteiger charge is -2.28. The van der Waals surface area contributed by atoms with Gasteiger partial charge >= 0.3 is 0 Å². The van der Waals surface area contributed by atoms with Gasteiger partial charge in [-0.15, -0.1) is 0 Å². The summed E-state index contributed by atoms with van der Waals surface area (Å²) in [5, 5.41) is 3.45. The molecule has 0 aliphatic heterocycles. The van der Waals surface area contributed by atoms with Crippen LogP contribution in [0.25, 0.3) is 0 Å². The van der Waals surface area contributed by atoms with Gasteiger partial charge in [0.1, 0.15) is 0 Å². The number of nitrogens with one attached hydrogen (secondary N) is 1. The Labute approximate surface area is 197 Å². The van der Waals surface area contributed by atoms with Crippen LogP contribution in [0.5, 0.6) is 0 Å². The van der Waals surface area contributed by atoms with E-state index in [4.69, 9.17) is 0 Å². The van der Waals surface area contributed by atoms with Crippen molar-refractivity contribution in [3.63, 3.8) is 0 Å². The number of rotatable bonds is 12. The summed E-state index contributed by atoms with van der Waals surface area (Å²) >= 11 is 0. The Bertz CT molecular complexity index is 716. The summed E-state index contributed by atoms with van der Waals surface area (Å²) in [5.41, 5.74) is 2.58. The molecule has 32 heavy (non-hydrogen) atoms. The van der Waals surface area contributed by atoms with Gasteiger partial charge in [0.15, 0.2) is 0 Å². The molecule has 1 amide bonds. The van der Waals surface area contributed by atoms with E-state index in [1.54, 1.807) is 0 Å². The third-order valence-corrected chi connectivity index (χ3v) is 6.15. The number of carbonyl (C=O) groups excluding carboxylic acids is 1. The molecule has 3 nitrogen and oxygen atoms in total. The molecule has 3 heteroatoms. The quantitative estimate of drug-likeness (QED) is 0.390. The van der Waals surface area contributed by atoms with Crippen LogP contribution in [0.1, 0.15) is 71.9 Å². The minimum atomic E-state index is 0.118. The molecule has 1 N–H and O–H groups in total. The Balaban J connectivity index is 0.000000343. The molecule has 0 fully saturated rings. The Hall–Kier alpha value is -2.13. The molecule has 0 aromatic heterocycles. The average molecular weight is 439 g/mol. The van der Waals surface area contributed by atoms with Gasteiger partial charge in [0.25, 0.3) is 0 Å². The van der Waals surface area contributed by atoms with Crippen LogP contribution < -0.4 is 5.32 Å². The van der Waals surface area contributed by atoms with Crippen molar-refractivity contribution in [3.05, 3.63) is 71.8 Å². The van der Waals surface area contributed by atoms with Crippen LogP contribution in [0, 0.1) is 17.8 Å². The third-order valence-electron chi connectivity index (χ3n) is 6.15. The van der Waals surface area contributed by atoms with Crippen molar-refractivity contribution in [2.75, 3.05) is 13.1 Å². The fourth-order valence-electron chi connectivity index (χ4n) is 3.23. The van der Waals surface area contributed by atoms with E-state index in [9.17, 15) is 4.79 Å². The lowest BCUT2D eigenvalue weighted by Crippen LogP contribution is -2.37. The topological polar surface area (TPSA) is 32.3 Å². The van der Waals surface area contributed by atoms with E-state index < -0.39 is 0 Å². The van der Waals surface area contributed by atoms with Gasteiger partial charge in [0.2, 0.25) is 5.91 Å². The maximum absolute atomic E-state index is 12.5. The van der Waals surface area contributed by atoms with Crippen LogP contribution in [0.3, 0.4) is 0 Å². The first-order valence-electron chi connectivity index (χ1n) is 12.5. The molecule has 0 saturated heterocycles. The summed E-state index contributed by atoms with van der Waals surface area (Å²) in [6.45, 7) is 16.7. The fraction of sp³-hybridized carbons (Fsp3) is 0.552. The lowest BCUT2D eigenvalue weighted by atomic mass is 10.0. The molecule has 2 aromatic rings. The van der Waals surface area contributed by atoms with E-state index in [1.165, 1.54) is 17.5 Å². The smallest absolute Gasteiger partial charge is 0.225 e. The summed E-state index contributed by atoms with van der Waals surface area (Å²) in [4.78, 5) is 14.5. The molecular formula is C29H46N2O. The zero-order valence-corrected chi connectivity index (χ0v) is 21.3. The van der Waals surface area contributed by atoms with Crippen molar-refractivity contribution in [2.24, 2.45) is 17.8 Å². The molecular weight excluding hydrogens is 392 g/mol. The summed E-state index contributed by atoms with van der Waals surface area (Å²) in [7, 11) is 0. The van der Waals surface area contributed by atoms with Crippen molar-refractivity contribution < 1.29 is 4.79 Å². The van der Waals surface area contributed by atoms with Crippen molar-refractivity contribution in [1.29, 1.82) is 0 Å². The molecule has 0 radical (unpaired) electrons. The number of hydrogen-bond donors (Lipinski definition) is 1. The van der Waals surface area contributed by atoms with Gasteiger partial charge in [0.05, 0.1) is 0 Å². The molecule has 3 atom stereocenters. The van der Waals surface area contributed by atoms with E-state index in [-0.39, 0.29) is 11.8 Å². The molecule has 0 unspecified atom stereocenters. The number of carbonyl (C=O) groups is 1. The monoisotopic (exact) mass is 438 g/mol. The predicted octanol–water partition coefficient (Wildman–Crippen LogP) is 6.93. The van der Waals surface area contributed by atoms with Crippen LogP contribution >= 0.6 is 0 Å². The zero-order valence-electron chi connectivity index (χ0n) is 21.3. The van der Waals surface area contributed by atoms with Crippen molar-refractivity contribution in [3.8, 4) is 0 Å². The van der Waals surface area contributed by atoms with Crippen molar-refractivity contribution in [1.82, 2.24) is 10.2 Å². The van der Waals surface area contributed by atoms with Gasteiger partial charge in [-0.3, -0.25) is 4.79 Å². The maximum atomic E-state index is 12.5. The number of hydrogen-bond acceptors (Lipinski definition) is 2. The average Bonchev–Trinajstić information content (AvgIpc) is 2.84. The summed E-state index contributed by atoms with van der Waals surface area (Å²) in [6, 6.07) is 20.8. The predicted molar refractivity (Wildman–Crippen MR) is 138 cm³/mol. The number of amides is 1. The SMILES string of the molecule is CC[C@H](C)CN(Cc1ccccc1)C(=O)[C@@H](C)CC.CC[C@H](C)CNCc1ccccc1. The second-order valence-electron chi connectivity index (χ2n) is 9.16. The van der Waals surface area contributed by atoms with Crippen molar-refractivity contribution in [2.45, 2.75) is 73.9 Å². The van der Waals surface area contributed by atoms with Gasteiger partial charge < -0.3 is 10.2 Å². The normalized spacial score (nSPS) is 13.4. The molecule has 0 aliphatic rings. The highest BCUT2D eigenvalue weighted by Gasteiger charge is 2.20. The first-order valence-corrected chi connectivity index (χ1v) is 12.5. The maximum Gasteiger partial charge on any atom is 0.225 e.